The third kappa shape index (κ3) is 3.41. The summed E-state index contributed by atoms with van der Waals surface area (Å²) in [5, 5.41) is 21.2. The van der Waals surface area contributed by atoms with E-state index in [-0.39, 0.29) is 16.9 Å². The van der Waals surface area contributed by atoms with Gasteiger partial charge < -0.3 is 15.5 Å². The summed E-state index contributed by atoms with van der Waals surface area (Å²) in [5.41, 5.74) is 1.40. The maximum Gasteiger partial charge on any atom is 0.336 e. The first-order chi connectivity index (χ1) is 9.88. The standard InChI is InChI=1S/C15H12BrNO4/c1-8-2-4-10(7-11(8)15(20)21)17-14(19)9-3-5-12(16)13(18)6-9/h2-7,18H,1H3,(H,17,19)(H,20,21). The zero-order valence-electron chi connectivity index (χ0n) is 11.1. The maximum absolute atomic E-state index is 12.1. The fourth-order valence-corrected chi connectivity index (χ4v) is 2.03. The number of hydrogen-bond donors (Lipinski definition) is 3. The number of carboxylic acid groups (broad SMARTS) is 1. The van der Waals surface area contributed by atoms with Crippen LogP contribution in [0.4, 0.5) is 5.69 Å². The highest BCUT2D eigenvalue weighted by Crippen LogP contribution is 2.25. The van der Waals surface area contributed by atoms with Crippen LogP contribution in [0, 0.1) is 6.92 Å². The molecule has 2 aromatic carbocycles. The van der Waals surface area contributed by atoms with Gasteiger partial charge in [0.05, 0.1) is 10.0 Å². The molecule has 0 atom stereocenters. The molecular formula is C15H12BrNO4. The molecule has 0 unspecified atom stereocenters. The van der Waals surface area contributed by atoms with E-state index in [0.717, 1.165) is 0 Å². The van der Waals surface area contributed by atoms with Crippen LogP contribution in [0.5, 0.6) is 5.75 Å². The van der Waals surface area contributed by atoms with Gasteiger partial charge in [0.2, 0.25) is 0 Å². The molecule has 3 N–H and O–H groups in total. The van der Waals surface area contributed by atoms with Crippen LogP contribution in [0.1, 0.15) is 26.3 Å². The van der Waals surface area contributed by atoms with Gasteiger partial charge in [0, 0.05) is 11.3 Å². The summed E-state index contributed by atoms with van der Waals surface area (Å²) < 4.78 is 0.488. The highest BCUT2D eigenvalue weighted by Gasteiger charge is 2.12. The Hall–Kier alpha value is -2.34. The number of nitrogens with one attached hydrogen (secondary N) is 1. The molecule has 0 aliphatic carbocycles. The number of benzene rings is 2. The Balaban J connectivity index is 2.25. The molecular weight excluding hydrogens is 338 g/mol. The Labute approximate surface area is 129 Å². The van der Waals surface area contributed by atoms with Gasteiger partial charge in [-0.25, -0.2) is 4.79 Å². The van der Waals surface area contributed by atoms with Gasteiger partial charge >= 0.3 is 5.97 Å². The Morgan fingerprint density at radius 1 is 1.14 bits per heavy atom. The number of anilines is 1. The highest BCUT2D eigenvalue weighted by molar-refractivity contribution is 9.10. The molecule has 0 aromatic heterocycles. The second-order valence-electron chi connectivity index (χ2n) is 4.46. The molecule has 0 saturated carbocycles. The quantitative estimate of drug-likeness (QED) is 0.792. The van der Waals surface area contributed by atoms with E-state index in [0.29, 0.717) is 15.7 Å². The van der Waals surface area contributed by atoms with Gasteiger partial charge in [-0.3, -0.25) is 4.79 Å². The molecule has 2 aromatic rings. The first kappa shape index (κ1) is 15.1. The summed E-state index contributed by atoms with van der Waals surface area (Å²) in [6.07, 6.45) is 0. The number of aromatic hydroxyl groups is 1. The molecule has 6 heteroatoms. The monoisotopic (exact) mass is 349 g/mol. The predicted molar refractivity (Wildman–Crippen MR) is 81.9 cm³/mol. The molecule has 2 rings (SSSR count). The minimum Gasteiger partial charge on any atom is -0.507 e. The van der Waals surface area contributed by atoms with Gasteiger partial charge in [0.1, 0.15) is 5.75 Å². The van der Waals surface area contributed by atoms with Crippen LogP contribution < -0.4 is 5.32 Å². The zero-order chi connectivity index (χ0) is 15.6. The fourth-order valence-electron chi connectivity index (χ4n) is 1.79. The van der Waals surface area contributed by atoms with Crippen molar-refractivity contribution in [1.82, 2.24) is 0 Å². The summed E-state index contributed by atoms with van der Waals surface area (Å²) in [4.78, 5) is 23.1. The molecule has 5 nitrogen and oxygen atoms in total. The van der Waals surface area contributed by atoms with E-state index < -0.39 is 11.9 Å². The molecule has 0 heterocycles. The number of carbonyl (C=O) groups is 2. The molecule has 0 aliphatic heterocycles. The molecule has 0 radical (unpaired) electrons. The van der Waals surface area contributed by atoms with Crippen molar-refractivity contribution < 1.29 is 19.8 Å². The maximum atomic E-state index is 12.1. The third-order valence-electron chi connectivity index (χ3n) is 2.93. The van der Waals surface area contributed by atoms with Crippen LogP contribution in [0.2, 0.25) is 0 Å². The summed E-state index contributed by atoms with van der Waals surface area (Å²) in [5.74, 6) is -1.53. The molecule has 108 valence electrons. The van der Waals surface area contributed by atoms with Gasteiger partial charge in [-0.05, 0) is 58.7 Å². The molecule has 1 amide bonds. The van der Waals surface area contributed by atoms with Crippen molar-refractivity contribution in [3.05, 3.63) is 57.6 Å². The number of phenols is 1. The van der Waals surface area contributed by atoms with Crippen LogP contribution in [0.3, 0.4) is 0 Å². The van der Waals surface area contributed by atoms with Gasteiger partial charge in [0.25, 0.3) is 5.91 Å². The van der Waals surface area contributed by atoms with Crippen molar-refractivity contribution in [2.24, 2.45) is 0 Å². The Morgan fingerprint density at radius 2 is 1.86 bits per heavy atom. The Kier molecular flexibility index (Phi) is 4.28. The molecule has 0 spiro atoms. The summed E-state index contributed by atoms with van der Waals surface area (Å²) in [6.45, 7) is 1.68. The van der Waals surface area contributed by atoms with E-state index in [1.807, 2.05) is 0 Å². The third-order valence-corrected chi connectivity index (χ3v) is 3.60. The van der Waals surface area contributed by atoms with Crippen molar-refractivity contribution in [3.8, 4) is 5.75 Å². The lowest BCUT2D eigenvalue weighted by molar-refractivity contribution is 0.0695. The number of rotatable bonds is 3. The van der Waals surface area contributed by atoms with E-state index in [4.69, 9.17) is 5.11 Å². The van der Waals surface area contributed by atoms with E-state index >= 15 is 0 Å². The Morgan fingerprint density at radius 3 is 2.48 bits per heavy atom. The molecule has 0 fully saturated rings. The number of amides is 1. The highest BCUT2D eigenvalue weighted by atomic mass is 79.9. The minimum absolute atomic E-state index is 0.0437. The lowest BCUT2D eigenvalue weighted by Gasteiger charge is -2.08. The lowest BCUT2D eigenvalue weighted by atomic mass is 10.1. The van der Waals surface area contributed by atoms with E-state index in [1.165, 1.54) is 12.1 Å². The van der Waals surface area contributed by atoms with Crippen LogP contribution >= 0.6 is 15.9 Å². The number of carboxylic acids is 1. The summed E-state index contributed by atoms with van der Waals surface area (Å²) >= 11 is 3.13. The number of carbonyl (C=O) groups excluding carboxylic acids is 1. The van der Waals surface area contributed by atoms with E-state index in [2.05, 4.69) is 21.2 Å². The fraction of sp³-hybridized carbons (Fsp3) is 0.0667. The van der Waals surface area contributed by atoms with Crippen LogP contribution in [-0.4, -0.2) is 22.1 Å². The van der Waals surface area contributed by atoms with Crippen LogP contribution in [-0.2, 0) is 0 Å². The number of aryl methyl sites for hydroxylation is 1. The normalized spacial score (nSPS) is 10.2. The van der Waals surface area contributed by atoms with Crippen molar-refractivity contribution in [2.45, 2.75) is 6.92 Å². The average Bonchev–Trinajstić information content (AvgIpc) is 2.43. The van der Waals surface area contributed by atoms with E-state index in [1.54, 1.807) is 31.2 Å². The van der Waals surface area contributed by atoms with Gasteiger partial charge in [-0.1, -0.05) is 6.07 Å². The SMILES string of the molecule is Cc1ccc(NC(=O)c2ccc(Br)c(O)c2)cc1C(=O)O. The van der Waals surface area contributed by atoms with Gasteiger partial charge in [-0.15, -0.1) is 0 Å². The van der Waals surface area contributed by atoms with Crippen LogP contribution in [0.15, 0.2) is 40.9 Å². The largest absolute Gasteiger partial charge is 0.507 e. The van der Waals surface area contributed by atoms with Crippen molar-refractivity contribution >= 4 is 33.5 Å². The number of aromatic carboxylic acids is 1. The number of phenolic OH excluding ortho intramolecular Hbond substituents is 1. The molecule has 21 heavy (non-hydrogen) atoms. The second-order valence-corrected chi connectivity index (χ2v) is 5.31. The molecule has 0 aliphatic rings. The zero-order valence-corrected chi connectivity index (χ0v) is 12.6. The predicted octanol–water partition coefficient (Wildman–Crippen LogP) is 3.41. The van der Waals surface area contributed by atoms with Crippen LogP contribution in [0.25, 0.3) is 0 Å². The molecule has 0 bridgehead atoms. The van der Waals surface area contributed by atoms with Crippen molar-refractivity contribution in [1.29, 1.82) is 0 Å². The average molecular weight is 350 g/mol. The minimum atomic E-state index is -1.05. The van der Waals surface area contributed by atoms with E-state index in [9.17, 15) is 14.7 Å². The molecule has 0 saturated heterocycles. The number of halogens is 1. The smallest absolute Gasteiger partial charge is 0.336 e. The van der Waals surface area contributed by atoms with Gasteiger partial charge in [-0.2, -0.15) is 0 Å². The second kappa shape index (κ2) is 5.97. The van der Waals surface area contributed by atoms with Gasteiger partial charge in [0.15, 0.2) is 0 Å². The summed E-state index contributed by atoms with van der Waals surface area (Å²) in [6, 6.07) is 9.07. The Bertz CT molecular complexity index is 728. The lowest BCUT2D eigenvalue weighted by Crippen LogP contribution is -2.12. The first-order valence-electron chi connectivity index (χ1n) is 6.02. The first-order valence-corrected chi connectivity index (χ1v) is 6.81. The number of hydrogen-bond acceptors (Lipinski definition) is 3. The topological polar surface area (TPSA) is 86.6 Å². The van der Waals surface area contributed by atoms with Crippen molar-refractivity contribution in [3.63, 3.8) is 0 Å². The summed E-state index contributed by atoms with van der Waals surface area (Å²) in [7, 11) is 0. The van der Waals surface area contributed by atoms with Crippen molar-refractivity contribution in [2.75, 3.05) is 5.32 Å².